The summed E-state index contributed by atoms with van der Waals surface area (Å²) in [5.74, 6) is 0.768. The monoisotopic (exact) mass is 318 g/mol. The first kappa shape index (κ1) is 18.4. The van der Waals surface area contributed by atoms with Gasteiger partial charge in [0.15, 0.2) is 9.84 Å². The van der Waals surface area contributed by atoms with Crippen molar-refractivity contribution >= 4 is 15.7 Å². The number of hydrogen-bond acceptors (Lipinski definition) is 4. The average molecular weight is 318 g/mol. The summed E-state index contributed by atoms with van der Waals surface area (Å²) in [7, 11) is -1.22. The molecule has 0 aliphatic carbocycles. The second kappa shape index (κ2) is 7.09. The smallest absolute Gasteiger partial charge is 0.222 e. The van der Waals surface area contributed by atoms with Crippen molar-refractivity contribution < 1.29 is 13.2 Å². The van der Waals surface area contributed by atoms with E-state index in [0.717, 1.165) is 12.8 Å². The molecule has 2 atom stereocenters. The molecule has 0 aromatic carbocycles. The van der Waals surface area contributed by atoms with Crippen molar-refractivity contribution in [2.75, 3.05) is 25.1 Å². The zero-order valence-corrected chi connectivity index (χ0v) is 14.6. The van der Waals surface area contributed by atoms with Crippen LogP contribution in [0.2, 0.25) is 0 Å². The summed E-state index contributed by atoms with van der Waals surface area (Å²) < 4.78 is 23.0. The van der Waals surface area contributed by atoms with Gasteiger partial charge in [0.2, 0.25) is 5.91 Å². The van der Waals surface area contributed by atoms with Crippen LogP contribution in [0.1, 0.15) is 46.5 Å². The Kier molecular flexibility index (Phi) is 6.23. The second-order valence-corrected chi connectivity index (χ2v) is 9.47. The molecular weight excluding hydrogens is 288 g/mol. The number of nitrogens with two attached hydrogens (primary N) is 1. The molecule has 1 amide bonds. The highest BCUT2D eigenvalue weighted by Crippen LogP contribution is 2.32. The van der Waals surface area contributed by atoms with Gasteiger partial charge >= 0.3 is 0 Å². The molecule has 124 valence electrons. The molecule has 0 bridgehead atoms. The molecule has 1 heterocycles. The third-order valence-electron chi connectivity index (χ3n) is 4.60. The van der Waals surface area contributed by atoms with Crippen molar-refractivity contribution in [1.82, 2.24) is 4.90 Å². The molecule has 0 radical (unpaired) electrons. The Morgan fingerprint density at radius 3 is 2.38 bits per heavy atom. The number of hydrogen-bond donors (Lipinski definition) is 1. The summed E-state index contributed by atoms with van der Waals surface area (Å²) in [5.41, 5.74) is 5.79. The lowest BCUT2D eigenvalue weighted by atomic mass is 9.76. The largest absolute Gasteiger partial charge is 0.342 e. The van der Waals surface area contributed by atoms with Gasteiger partial charge < -0.3 is 10.6 Å². The lowest BCUT2D eigenvalue weighted by molar-refractivity contribution is -0.132. The van der Waals surface area contributed by atoms with Crippen LogP contribution in [-0.2, 0) is 14.6 Å². The van der Waals surface area contributed by atoms with Crippen LogP contribution in [-0.4, -0.2) is 50.4 Å². The van der Waals surface area contributed by atoms with Gasteiger partial charge in [-0.25, -0.2) is 8.42 Å². The molecule has 1 aliphatic rings. The Labute approximate surface area is 129 Å². The van der Waals surface area contributed by atoms with E-state index in [-0.39, 0.29) is 28.9 Å². The van der Waals surface area contributed by atoms with Gasteiger partial charge in [0.25, 0.3) is 0 Å². The number of rotatable bonds is 6. The number of carbonyl (C=O) groups excluding carboxylic acids is 1. The van der Waals surface area contributed by atoms with Crippen molar-refractivity contribution in [3.8, 4) is 0 Å². The first-order valence-corrected chi connectivity index (χ1v) is 9.55. The normalized spacial score (nSPS) is 23.0. The molecule has 1 fully saturated rings. The maximum Gasteiger partial charge on any atom is 0.222 e. The van der Waals surface area contributed by atoms with E-state index in [2.05, 4.69) is 20.8 Å². The summed E-state index contributed by atoms with van der Waals surface area (Å²) in [6.45, 7) is 7.15. The molecule has 2 N–H and O–H groups in total. The molecule has 0 aromatic rings. The van der Waals surface area contributed by atoms with Gasteiger partial charge in [0, 0.05) is 19.5 Å². The molecular formula is C15H30N2O3S. The van der Waals surface area contributed by atoms with E-state index in [9.17, 15) is 13.2 Å². The van der Waals surface area contributed by atoms with E-state index in [1.807, 2.05) is 0 Å². The van der Waals surface area contributed by atoms with Gasteiger partial charge in [-0.05, 0) is 37.1 Å². The minimum absolute atomic E-state index is 0.0448. The van der Waals surface area contributed by atoms with E-state index in [1.165, 1.54) is 0 Å². The molecule has 1 rings (SSSR count). The highest BCUT2D eigenvalue weighted by Gasteiger charge is 2.33. The molecule has 0 saturated carbocycles. The minimum Gasteiger partial charge on any atom is -0.342 e. The fourth-order valence-electron chi connectivity index (χ4n) is 2.97. The standard InChI is InChI=1S/C15H30N2O3S/c1-15(2,3)12(7-9-16)5-6-14(18)17(4)13-8-10-21(19,20)11-13/h12-13H,5-11,16H2,1-4H3. The first-order valence-electron chi connectivity index (χ1n) is 7.73. The zero-order valence-electron chi connectivity index (χ0n) is 13.8. The number of sulfone groups is 1. The van der Waals surface area contributed by atoms with Gasteiger partial charge in [-0.3, -0.25) is 4.79 Å². The summed E-state index contributed by atoms with van der Waals surface area (Å²) in [4.78, 5) is 13.9. The van der Waals surface area contributed by atoms with Crippen LogP contribution in [0.4, 0.5) is 0 Å². The summed E-state index contributed by atoms with van der Waals surface area (Å²) in [6.07, 6.45) is 2.76. The zero-order chi connectivity index (χ0) is 16.3. The minimum atomic E-state index is -2.95. The van der Waals surface area contributed by atoms with Crippen molar-refractivity contribution in [2.45, 2.75) is 52.5 Å². The lowest BCUT2D eigenvalue weighted by Gasteiger charge is -2.31. The average Bonchev–Trinajstić information content (AvgIpc) is 2.72. The van der Waals surface area contributed by atoms with Crippen molar-refractivity contribution in [2.24, 2.45) is 17.1 Å². The van der Waals surface area contributed by atoms with Gasteiger partial charge in [0.1, 0.15) is 0 Å². The maximum atomic E-state index is 12.3. The van der Waals surface area contributed by atoms with Gasteiger partial charge in [-0.2, -0.15) is 0 Å². The third-order valence-corrected chi connectivity index (χ3v) is 6.35. The highest BCUT2D eigenvalue weighted by atomic mass is 32.2. The predicted octanol–water partition coefficient (Wildman–Crippen LogP) is 1.42. The molecule has 2 unspecified atom stereocenters. The van der Waals surface area contributed by atoms with E-state index in [0.29, 0.717) is 25.3 Å². The molecule has 21 heavy (non-hydrogen) atoms. The molecule has 1 saturated heterocycles. The first-order chi connectivity index (χ1) is 9.57. The van der Waals surface area contributed by atoms with Crippen LogP contribution in [0.15, 0.2) is 0 Å². The number of nitrogens with zero attached hydrogens (tertiary/aromatic N) is 1. The fourth-order valence-corrected chi connectivity index (χ4v) is 4.74. The Hall–Kier alpha value is -0.620. The molecule has 1 aliphatic heterocycles. The quantitative estimate of drug-likeness (QED) is 0.803. The van der Waals surface area contributed by atoms with Crippen LogP contribution in [0.3, 0.4) is 0 Å². The van der Waals surface area contributed by atoms with Crippen LogP contribution in [0, 0.1) is 11.3 Å². The van der Waals surface area contributed by atoms with Gasteiger partial charge in [-0.1, -0.05) is 20.8 Å². The van der Waals surface area contributed by atoms with Crippen molar-refractivity contribution in [3.05, 3.63) is 0 Å². The second-order valence-electron chi connectivity index (χ2n) is 7.24. The van der Waals surface area contributed by atoms with Crippen LogP contribution < -0.4 is 5.73 Å². The van der Waals surface area contributed by atoms with Crippen LogP contribution in [0.5, 0.6) is 0 Å². The number of amides is 1. The Morgan fingerprint density at radius 1 is 1.33 bits per heavy atom. The summed E-state index contributed by atoms with van der Waals surface area (Å²) in [6, 6.07) is -0.148. The van der Waals surface area contributed by atoms with Crippen molar-refractivity contribution in [3.63, 3.8) is 0 Å². The SMILES string of the molecule is CN(C(=O)CCC(CCN)C(C)(C)C)C1CCS(=O)(=O)C1. The van der Waals surface area contributed by atoms with Gasteiger partial charge in [0.05, 0.1) is 11.5 Å². The molecule has 0 aromatic heterocycles. The van der Waals surface area contributed by atoms with E-state index in [1.54, 1.807) is 11.9 Å². The van der Waals surface area contributed by atoms with Gasteiger partial charge in [-0.15, -0.1) is 0 Å². The van der Waals surface area contributed by atoms with E-state index < -0.39 is 9.84 Å². The fraction of sp³-hybridized carbons (Fsp3) is 0.933. The molecule has 0 spiro atoms. The van der Waals surface area contributed by atoms with Crippen molar-refractivity contribution in [1.29, 1.82) is 0 Å². The third kappa shape index (κ3) is 5.58. The van der Waals surface area contributed by atoms with Crippen LogP contribution in [0.25, 0.3) is 0 Å². The van der Waals surface area contributed by atoms with E-state index in [4.69, 9.17) is 5.73 Å². The highest BCUT2D eigenvalue weighted by molar-refractivity contribution is 7.91. The Bertz CT molecular complexity index is 454. The topological polar surface area (TPSA) is 80.5 Å². The van der Waals surface area contributed by atoms with Crippen LogP contribution >= 0.6 is 0 Å². The molecule has 5 nitrogen and oxygen atoms in total. The summed E-state index contributed by atoms with van der Waals surface area (Å²) in [5, 5.41) is 0. The molecule has 6 heteroatoms. The maximum absolute atomic E-state index is 12.3. The predicted molar refractivity (Wildman–Crippen MR) is 85.7 cm³/mol. The van der Waals surface area contributed by atoms with E-state index >= 15 is 0 Å². The Morgan fingerprint density at radius 2 is 1.95 bits per heavy atom. The number of carbonyl (C=O) groups is 1. The Balaban J connectivity index is 2.52. The lowest BCUT2D eigenvalue weighted by Crippen LogP contribution is -2.38. The summed E-state index contributed by atoms with van der Waals surface area (Å²) >= 11 is 0.